The smallest absolute Gasteiger partial charge is 0.216 e. The molecule has 3 heterocycles. The Morgan fingerprint density at radius 1 is 0.833 bits per heavy atom. The number of benzene rings is 3. The Hall–Kier alpha value is -3.54. The molecule has 3 aliphatic rings. The standard InChI is InChI=1S/C24H19FN2O3/c25-18-7-3-1-5-16(18)24-27-20(17-6-2-4-8-21(17)30-24)14-19(26-27)15-9-10-22-23(13-15)29-12-11-28-22/h1-10,13,20,24H,11-12,14H2/t20-,24+/m1/s1. The van der Waals surface area contributed by atoms with Crippen molar-refractivity contribution in [2.24, 2.45) is 5.10 Å². The molecule has 5 nitrogen and oxygen atoms in total. The monoisotopic (exact) mass is 402 g/mol. The fourth-order valence-electron chi connectivity index (χ4n) is 4.31. The molecule has 0 bridgehead atoms. The van der Waals surface area contributed by atoms with Crippen molar-refractivity contribution < 1.29 is 18.6 Å². The van der Waals surface area contributed by atoms with Crippen molar-refractivity contribution in [3.63, 3.8) is 0 Å². The second kappa shape index (κ2) is 6.76. The Bertz CT molecular complexity index is 1160. The van der Waals surface area contributed by atoms with Crippen molar-refractivity contribution in [1.82, 2.24) is 5.01 Å². The molecular weight excluding hydrogens is 383 g/mol. The van der Waals surface area contributed by atoms with Gasteiger partial charge in [0.2, 0.25) is 6.23 Å². The van der Waals surface area contributed by atoms with Crippen molar-refractivity contribution in [2.75, 3.05) is 13.2 Å². The summed E-state index contributed by atoms with van der Waals surface area (Å²) >= 11 is 0. The van der Waals surface area contributed by atoms with Gasteiger partial charge in [-0.2, -0.15) is 5.10 Å². The normalized spacial score (nSPS) is 21.4. The number of hydrogen-bond acceptors (Lipinski definition) is 5. The molecule has 0 unspecified atom stereocenters. The average molecular weight is 402 g/mol. The summed E-state index contributed by atoms with van der Waals surface area (Å²) in [7, 11) is 0. The Balaban J connectivity index is 1.43. The van der Waals surface area contributed by atoms with Gasteiger partial charge in [-0.25, -0.2) is 9.40 Å². The van der Waals surface area contributed by atoms with Crippen LogP contribution in [0, 0.1) is 5.82 Å². The number of halogens is 1. The lowest BCUT2D eigenvalue weighted by molar-refractivity contribution is -0.0212. The summed E-state index contributed by atoms with van der Waals surface area (Å²) in [4.78, 5) is 0. The van der Waals surface area contributed by atoms with Gasteiger partial charge >= 0.3 is 0 Å². The molecule has 0 radical (unpaired) electrons. The molecule has 3 aromatic carbocycles. The highest BCUT2D eigenvalue weighted by Gasteiger charge is 2.41. The largest absolute Gasteiger partial charge is 0.486 e. The van der Waals surface area contributed by atoms with Crippen LogP contribution in [0.4, 0.5) is 4.39 Å². The van der Waals surface area contributed by atoms with Gasteiger partial charge in [-0.1, -0.05) is 36.4 Å². The minimum atomic E-state index is -0.624. The number of rotatable bonds is 2. The first kappa shape index (κ1) is 17.3. The van der Waals surface area contributed by atoms with E-state index in [0.717, 1.165) is 34.1 Å². The van der Waals surface area contributed by atoms with Crippen LogP contribution >= 0.6 is 0 Å². The van der Waals surface area contributed by atoms with Gasteiger partial charge in [0.1, 0.15) is 24.8 Å². The second-order valence-electron chi connectivity index (χ2n) is 7.53. The van der Waals surface area contributed by atoms with Crippen LogP contribution in [0.2, 0.25) is 0 Å². The van der Waals surface area contributed by atoms with Gasteiger partial charge in [0.15, 0.2) is 11.5 Å². The minimum absolute atomic E-state index is 0.0252. The van der Waals surface area contributed by atoms with Gasteiger partial charge in [0.05, 0.1) is 17.3 Å². The lowest BCUT2D eigenvalue weighted by atomic mass is 9.95. The van der Waals surface area contributed by atoms with Crippen molar-refractivity contribution in [2.45, 2.75) is 18.7 Å². The molecule has 0 saturated heterocycles. The highest BCUT2D eigenvalue weighted by Crippen LogP contribution is 2.48. The zero-order chi connectivity index (χ0) is 20.1. The highest BCUT2D eigenvalue weighted by atomic mass is 19.1. The number of nitrogens with zero attached hydrogens (tertiary/aromatic N) is 2. The van der Waals surface area contributed by atoms with Gasteiger partial charge in [-0.15, -0.1) is 0 Å². The number of para-hydroxylation sites is 1. The van der Waals surface area contributed by atoms with Crippen molar-refractivity contribution in [1.29, 1.82) is 0 Å². The van der Waals surface area contributed by atoms with E-state index in [-0.39, 0.29) is 11.9 Å². The molecule has 30 heavy (non-hydrogen) atoms. The predicted molar refractivity (Wildman–Crippen MR) is 109 cm³/mol. The number of hydrogen-bond donors (Lipinski definition) is 0. The lowest BCUT2D eigenvalue weighted by Gasteiger charge is -2.38. The quantitative estimate of drug-likeness (QED) is 0.615. The maximum absolute atomic E-state index is 14.6. The average Bonchev–Trinajstić information content (AvgIpc) is 3.24. The van der Waals surface area contributed by atoms with Crippen molar-refractivity contribution >= 4 is 5.71 Å². The van der Waals surface area contributed by atoms with E-state index in [0.29, 0.717) is 25.2 Å². The Labute approximate surface area is 173 Å². The Morgan fingerprint density at radius 3 is 2.47 bits per heavy atom. The van der Waals surface area contributed by atoms with Crippen LogP contribution in [-0.2, 0) is 0 Å². The summed E-state index contributed by atoms with van der Waals surface area (Å²) in [5.41, 5.74) is 3.42. The number of ether oxygens (including phenoxy) is 3. The van der Waals surface area contributed by atoms with Crippen LogP contribution in [0.3, 0.4) is 0 Å². The molecule has 6 rings (SSSR count). The maximum Gasteiger partial charge on any atom is 0.216 e. The summed E-state index contributed by atoms with van der Waals surface area (Å²) in [6, 6.07) is 20.5. The first-order valence-electron chi connectivity index (χ1n) is 10.0. The maximum atomic E-state index is 14.6. The highest BCUT2D eigenvalue weighted by molar-refractivity contribution is 6.02. The summed E-state index contributed by atoms with van der Waals surface area (Å²) in [6.45, 7) is 1.09. The number of fused-ring (bicyclic) bond motifs is 4. The molecular formula is C24H19FN2O3. The van der Waals surface area contributed by atoms with Gasteiger partial charge in [0.25, 0.3) is 0 Å². The molecule has 3 aliphatic heterocycles. The van der Waals surface area contributed by atoms with E-state index in [1.807, 2.05) is 53.5 Å². The molecule has 0 N–H and O–H groups in total. The van der Waals surface area contributed by atoms with Crippen LogP contribution in [-0.4, -0.2) is 23.9 Å². The van der Waals surface area contributed by atoms with Gasteiger partial charge in [-0.3, -0.25) is 0 Å². The van der Waals surface area contributed by atoms with Crippen molar-refractivity contribution in [3.05, 3.63) is 89.2 Å². The van der Waals surface area contributed by atoms with Crippen LogP contribution in [0.25, 0.3) is 0 Å². The fourth-order valence-corrected chi connectivity index (χ4v) is 4.31. The third kappa shape index (κ3) is 2.71. The third-order valence-electron chi connectivity index (χ3n) is 5.75. The van der Waals surface area contributed by atoms with Crippen LogP contribution < -0.4 is 14.2 Å². The minimum Gasteiger partial charge on any atom is -0.486 e. The number of hydrazone groups is 1. The molecule has 0 fully saturated rings. The van der Waals surface area contributed by atoms with E-state index in [2.05, 4.69) is 0 Å². The van der Waals surface area contributed by atoms with Gasteiger partial charge in [0, 0.05) is 17.5 Å². The summed E-state index contributed by atoms with van der Waals surface area (Å²) in [5, 5.41) is 6.77. The van der Waals surface area contributed by atoms with E-state index < -0.39 is 6.23 Å². The van der Waals surface area contributed by atoms with E-state index in [4.69, 9.17) is 19.3 Å². The Kier molecular flexibility index (Phi) is 3.91. The van der Waals surface area contributed by atoms with Gasteiger partial charge in [-0.05, 0) is 30.3 Å². The molecule has 0 aliphatic carbocycles. The predicted octanol–water partition coefficient (Wildman–Crippen LogP) is 4.84. The van der Waals surface area contributed by atoms with E-state index in [1.54, 1.807) is 12.1 Å². The molecule has 0 amide bonds. The summed E-state index contributed by atoms with van der Waals surface area (Å²) in [6.07, 6.45) is 0.0751. The van der Waals surface area contributed by atoms with E-state index in [9.17, 15) is 4.39 Å². The molecule has 0 saturated carbocycles. The lowest BCUT2D eigenvalue weighted by Crippen LogP contribution is -2.34. The van der Waals surface area contributed by atoms with E-state index >= 15 is 0 Å². The van der Waals surface area contributed by atoms with Gasteiger partial charge < -0.3 is 14.2 Å². The fraction of sp³-hybridized carbons (Fsp3) is 0.208. The first-order valence-corrected chi connectivity index (χ1v) is 10.0. The Morgan fingerprint density at radius 2 is 1.60 bits per heavy atom. The molecule has 0 aromatic heterocycles. The van der Waals surface area contributed by atoms with Crippen LogP contribution in [0.5, 0.6) is 17.2 Å². The van der Waals surface area contributed by atoms with Crippen LogP contribution in [0.15, 0.2) is 71.8 Å². The molecule has 150 valence electrons. The second-order valence-corrected chi connectivity index (χ2v) is 7.53. The summed E-state index contributed by atoms with van der Waals surface area (Å²) < 4.78 is 32.2. The molecule has 0 spiro atoms. The van der Waals surface area contributed by atoms with Crippen molar-refractivity contribution in [3.8, 4) is 17.2 Å². The zero-order valence-corrected chi connectivity index (χ0v) is 16.1. The zero-order valence-electron chi connectivity index (χ0n) is 16.1. The molecule has 6 heteroatoms. The molecule has 2 atom stereocenters. The van der Waals surface area contributed by atoms with E-state index in [1.165, 1.54) is 6.07 Å². The third-order valence-corrected chi connectivity index (χ3v) is 5.75. The SMILES string of the molecule is Fc1ccccc1[C@@H]1Oc2ccccc2[C@H]2CC(c3ccc4c(c3)OCCO4)=NN21. The summed E-state index contributed by atoms with van der Waals surface area (Å²) in [5.74, 6) is 1.95. The first-order chi connectivity index (χ1) is 14.8. The topological polar surface area (TPSA) is 43.3 Å². The molecule has 3 aromatic rings. The van der Waals surface area contributed by atoms with Crippen LogP contribution in [0.1, 0.15) is 35.4 Å².